The third-order valence-corrected chi connectivity index (χ3v) is 4.98. The SMILES string of the molecule is Cc1ccc(OCCNS(=O)(=O)c2ccc([N+](=O)[O-])cc2)cc1C. The van der Waals surface area contributed by atoms with Crippen molar-refractivity contribution in [2.24, 2.45) is 0 Å². The Balaban J connectivity index is 1.90. The molecule has 0 saturated heterocycles. The second-order valence-electron chi connectivity index (χ2n) is 5.24. The van der Waals surface area contributed by atoms with Crippen LogP contribution in [0.2, 0.25) is 0 Å². The molecule has 24 heavy (non-hydrogen) atoms. The van der Waals surface area contributed by atoms with Crippen LogP contribution in [0.15, 0.2) is 47.4 Å². The van der Waals surface area contributed by atoms with Crippen molar-refractivity contribution in [1.29, 1.82) is 0 Å². The van der Waals surface area contributed by atoms with Gasteiger partial charge >= 0.3 is 0 Å². The van der Waals surface area contributed by atoms with Crippen LogP contribution in [0.1, 0.15) is 11.1 Å². The van der Waals surface area contributed by atoms with E-state index in [0.717, 1.165) is 23.3 Å². The van der Waals surface area contributed by atoms with Crippen LogP contribution in [0.4, 0.5) is 5.69 Å². The summed E-state index contributed by atoms with van der Waals surface area (Å²) < 4.78 is 32.1. The number of nitro benzene ring substituents is 1. The van der Waals surface area contributed by atoms with Gasteiger partial charge in [-0.3, -0.25) is 10.1 Å². The molecule has 128 valence electrons. The van der Waals surface area contributed by atoms with E-state index in [9.17, 15) is 18.5 Å². The molecule has 2 rings (SSSR count). The lowest BCUT2D eigenvalue weighted by Gasteiger charge is -2.10. The number of ether oxygens (including phenoxy) is 1. The molecule has 0 fully saturated rings. The summed E-state index contributed by atoms with van der Waals surface area (Å²) in [6.45, 7) is 4.23. The molecule has 0 bridgehead atoms. The molecule has 0 radical (unpaired) electrons. The molecule has 0 saturated carbocycles. The molecule has 0 aliphatic rings. The Morgan fingerprint density at radius 3 is 2.33 bits per heavy atom. The maximum absolute atomic E-state index is 12.1. The van der Waals surface area contributed by atoms with Crippen molar-refractivity contribution in [3.8, 4) is 5.75 Å². The van der Waals surface area contributed by atoms with Gasteiger partial charge in [-0.25, -0.2) is 13.1 Å². The van der Waals surface area contributed by atoms with Crippen LogP contribution in [0.5, 0.6) is 5.75 Å². The maximum Gasteiger partial charge on any atom is 0.269 e. The van der Waals surface area contributed by atoms with Gasteiger partial charge in [0.05, 0.1) is 9.82 Å². The average Bonchev–Trinajstić information content (AvgIpc) is 2.55. The first-order valence-corrected chi connectivity index (χ1v) is 8.72. The molecule has 2 aromatic rings. The van der Waals surface area contributed by atoms with Gasteiger partial charge in [-0.05, 0) is 49.2 Å². The molecular weight excluding hydrogens is 332 g/mol. The van der Waals surface area contributed by atoms with Crippen molar-refractivity contribution in [2.45, 2.75) is 18.7 Å². The van der Waals surface area contributed by atoms with Gasteiger partial charge in [0, 0.05) is 18.7 Å². The standard InChI is InChI=1S/C16H18N2O5S/c1-12-3-6-15(11-13(12)2)23-10-9-17-24(21,22)16-7-4-14(5-8-16)18(19)20/h3-8,11,17H,9-10H2,1-2H3. The largest absolute Gasteiger partial charge is 0.492 e. The topological polar surface area (TPSA) is 98.5 Å². The fraction of sp³-hybridized carbons (Fsp3) is 0.250. The van der Waals surface area contributed by atoms with Crippen LogP contribution in [0.25, 0.3) is 0 Å². The Bertz CT molecular complexity index is 832. The lowest BCUT2D eigenvalue weighted by molar-refractivity contribution is -0.384. The zero-order valence-electron chi connectivity index (χ0n) is 13.4. The smallest absolute Gasteiger partial charge is 0.269 e. The summed E-state index contributed by atoms with van der Waals surface area (Å²) in [7, 11) is -3.72. The second-order valence-corrected chi connectivity index (χ2v) is 7.01. The van der Waals surface area contributed by atoms with E-state index in [1.165, 1.54) is 12.1 Å². The highest BCUT2D eigenvalue weighted by Gasteiger charge is 2.15. The maximum atomic E-state index is 12.1. The minimum Gasteiger partial charge on any atom is -0.492 e. The second kappa shape index (κ2) is 7.41. The van der Waals surface area contributed by atoms with Gasteiger partial charge < -0.3 is 4.74 Å². The third-order valence-electron chi connectivity index (χ3n) is 3.50. The van der Waals surface area contributed by atoms with Gasteiger partial charge in [-0.1, -0.05) is 6.07 Å². The van der Waals surface area contributed by atoms with Crippen LogP contribution >= 0.6 is 0 Å². The highest BCUT2D eigenvalue weighted by Crippen LogP contribution is 2.17. The summed E-state index contributed by atoms with van der Waals surface area (Å²) >= 11 is 0. The predicted molar refractivity (Wildman–Crippen MR) is 89.7 cm³/mol. The molecule has 0 aromatic heterocycles. The quantitative estimate of drug-likeness (QED) is 0.470. The van der Waals surface area contributed by atoms with E-state index in [2.05, 4.69) is 4.72 Å². The van der Waals surface area contributed by atoms with Crippen molar-refractivity contribution in [2.75, 3.05) is 13.2 Å². The summed E-state index contributed by atoms with van der Waals surface area (Å²) in [6.07, 6.45) is 0. The van der Waals surface area contributed by atoms with E-state index < -0.39 is 14.9 Å². The molecule has 7 nitrogen and oxygen atoms in total. The highest BCUT2D eigenvalue weighted by molar-refractivity contribution is 7.89. The van der Waals surface area contributed by atoms with E-state index in [-0.39, 0.29) is 23.7 Å². The van der Waals surface area contributed by atoms with Crippen molar-refractivity contribution < 1.29 is 18.1 Å². The van der Waals surface area contributed by atoms with Gasteiger partial charge in [-0.2, -0.15) is 0 Å². The number of non-ortho nitro benzene ring substituents is 1. The Kier molecular flexibility index (Phi) is 5.53. The summed E-state index contributed by atoms with van der Waals surface area (Å²) in [5, 5.41) is 10.6. The van der Waals surface area contributed by atoms with Gasteiger partial charge in [0.2, 0.25) is 10.0 Å². The van der Waals surface area contributed by atoms with Crippen LogP contribution in [-0.2, 0) is 10.0 Å². The van der Waals surface area contributed by atoms with Crippen LogP contribution in [-0.4, -0.2) is 26.5 Å². The van der Waals surface area contributed by atoms with E-state index in [0.29, 0.717) is 5.75 Å². The van der Waals surface area contributed by atoms with Crippen molar-refractivity contribution in [3.05, 3.63) is 63.7 Å². The summed E-state index contributed by atoms with van der Waals surface area (Å²) in [6, 6.07) is 10.4. The molecule has 1 N–H and O–H groups in total. The van der Waals surface area contributed by atoms with Crippen LogP contribution in [0.3, 0.4) is 0 Å². The molecule has 2 aromatic carbocycles. The number of nitrogens with one attached hydrogen (secondary N) is 1. The molecule has 0 aliphatic carbocycles. The Labute approximate surface area is 140 Å². The molecule has 8 heteroatoms. The number of nitrogens with zero attached hydrogens (tertiary/aromatic N) is 1. The molecule has 0 aliphatic heterocycles. The van der Waals surface area contributed by atoms with Gasteiger partial charge in [0.25, 0.3) is 5.69 Å². The molecule has 0 heterocycles. The lowest BCUT2D eigenvalue weighted by atomic mass is 10.1. The third kappa shape index (κ3) is 4.53. The Morgan fingerprint density at radius 1 is 1.08 bits per heavy atom. The van der Waals surface area contributed by atoms with Crippen molar-refractivity contribution in [3.63, 3.8) is 0 Å². The molecule has 0 spiro atoms. The fourth-order valence-corrected chi connectivity index (χ4v) is 2.99. The number of hydrogen-bond donors (Lipinski definition) is 1. The zero-order chi connectivity index (χ0) is 17.7. The highest BCUT2D eigenvalue weighted by atomic mass is 32.2. The molecule has 0 amide bonds. The van der Waals surface area contributed by atoms with Gasteiger partial charge in [-0.15, -0.1) is 0 Å². The summed E-state index contributed by atoms with van der Waals surface area (Å²) in [5.74, 6) is 0.674. The average molecular weight is 350 g/mol. The summed E-state index contributed by atoms with van der Waals surface area (Å²) in [4.78, 5) is 9.97. The van der Waals surface area contributed by atoms with Crippen LogP contribution in [0, 0.1) is 24.0 Å². The Morgan fingerprint density at radius 2 is 1.75 bits per heavy atom. The molecular formula is C16H18N2O5S. The predicted octanol–water partition coefficient (Wildman–Crippen LogP) is 2.57. The van der Waals surface area contributed by atoms with E-state index in [4.69, 9.17) is 4.74 Å². The lowest BCUT2D eigenvalue weighted by Crippen LogP contribution is -2.28. The van der Waals surface area contributed by atoms with E-state index in [1.807, 2.05) is 32.0 Å². The number of sulfonamides is 1. The normalized spacial score (nSPS) is 11.2. The zero-order valence-corrected chi connectivity index (χ0v) is 14.2. The van der Waals surface area contributed by atoms with Crippen molar-refractivity contribution in [1.82, 2.24) is 4.72 Å². The van der Waals surface area contributed by atoms with Gasteiger partial charge in [0.15, 0.2) is 0 Å². The van der Waals surface area contributed by atoms with E-state index >= 15 is 0 Å². The minimum atomic E-state index is -3.72. The summed E-state index contributed by atoms with van der Waals surface area (Å²) in [5.41, 5.74) is 2.09. The number of rotatable bonds is 7. The number of benzene rings is 2. The minimum absolute atomic E-state index is 0.0284. The van der Waals surface area contributed by atoms with E-state index in [1.54, 1.807) is 0 Å². The first-order chi connectivity index (χ1) is 11.3. The monoisotopic (exact) mass is 350 g/mol. The number of aryl methyl sites for hydroxylation is 2. The van der Waals surface area contributed by atoms with Gasteiger partial charge in [0.1, 0.15) is 12.4 Å². The molecule has 0 atom stereocenters. The fourth-order valence-electron chi connectivity index (χ4n) is 1.98. The first-order valence-electron chi connectivity index (χ1n) is 7.24. The van der Waals surface area contributed by atoms with Crippen LogP contribution < -0.4 is 9.46 Å². The molecule has 0 unspecified atom stereocenters. The van der Waals surface area contributed by atoms with Crippen molar-refractivity contribution >= 4 is 15.7 Å². The number of hydrogen-bond acceptors (Lipinski definition) is 5. The Hall–Kier alpha value is -2.45. The number of nitro groups is 1. The first kappa shape index (κ1) is 17.9.